The quantitative estimate of drug-likeness (QED) is 0.623. The number of rotatable bonds is 2. The Morgan fingerprint density at radius 3 is 2.36 bits per heavy atom. The van der Waals surface area contributed by atoms with Gasteiger partial charge in [-0.25, -0.2) is 0 Å². The molecule has 0 bridgehead atoms. The van der Waals surface area contributed by atoms with Crippen molar-refractivity contribution in [2.75, 3.05) is 0 Å². The maximum Gasteiger partial charge on any atom is 0.0982 e. The third kappa shape index (κ3) is 2.87. The maximum atomic E-state index is 5.82. The molecule has 0 amide bonds. The predicted molar refractivity (Wildman–Crippen MR) is 65.4 cm³/mol. The molecule has 0 spiro atoms. The zero-order chi connectivity index (χ0) is 10.7. The lowest BCUT2D eigenvalue weighted by Gasteiger charge is -2.03. The lowest BCUT2D eigenvalue weighted by Crippen LogP contribution is -2.07. The van der Waals surface area contributed by atoms with Gasteiger partial charge in [0.25, 0.3) is 0 Å². The van der Waals surface area contributed by atoms with Crippen LogP contribution in [0.1, 0.15) is 5.56 Å². The van der Waals surface area contributed by atoms with E-state index in [9.17, 15) is 0 Å². The van der Waals surface area contributed by atoms with E-state index >= 15 is 0 Å². The lowest BCUT2D eigenvalue weighted by molar-refractivity contribution is 1.52. The average molecular weight is 247 g/mol. The van der Waals surface area contributed by atoms with Gasteiger partial charge in [0.1, 0.15) is 0 Å². The summed E-state index contributed by atoms with van der Waals surface area (Å²) in [6.07, 6.45) is 1.49. The summed E-state index contributed by atoms with van der Waals surface area (Å²) >= 11 is 16.3. The van der Waals surface area contributed by atoms with Crippen LogP contribution in [0.25, 0.3) is 5.70 Å². The van der Waals surface area contributed by atoms with Crippen LogP contribution in [0, 0.1) is 0 Å². The molecule has 2 nitrogen and oxygen atoms in total. The molecule has 14 heavy (non-hydrogen) atoms. The minimum absolute atomic E-state index is 0.230. The Morgan fingerprint density at radius 2 is 1.86 bits per heavy atom. The molecule has 0 unspecified atom stereocenters. The Kier molecular flexibility index (Phi) is 3.75. The monoisotopic (exact) mass is 246 g/mol. The van der Waals surface area contributed by atoms with Gasteiger partial charge in [-0.05, 0) is 23.8 Å². The smallest absolute Gasteiger partial charge is 0.0982 e. The van der Waals surface area contributed by atoms with E-state index in [-0.39, 0.29) is 4.99 Å². The average Bonchev–Trinajstić information content (AvgIpc) is 2.08. The fraction of sp³-hybridized carbons (Fsp3) is 0. The fourth-order valence-corrected chi connectivity index (χ4v) is 1.34. The molecule has 4 N–H and O–H groups in total. The van der Waals surface area contributed by atoms with Crippen LogP contribution in [-0.2, 0) is 0 Å². The van der Waals surface area contributed by atoms with Crippen LogP contribution in [0.2, 0.25) is 10.0 Å². The van der Waals surface area contributed by atoms with Crippen molar-refractivity contribution in [3.05, 3.63) is 39.9 Å². The molecule has 0 radical (unpaired) electrons. The Bertz CT molecular complexity index is 402. The molecule has 0 aromatic heterocycles. The minimum Gasteiger partial charge on any atom is -0.398 e. The van der Waals surface area contributed by atoms with Gasteiger partial charge in [0.15, 0.2) is 0 Å². The van der Waals surface area contributed by atoms with Crippen LogP contribution >= 0.6 is 35.4 Å². The number of nitrogens with two attached hydrogens (primary N) is 2. The van der Waals surface area contributed by atoms with E-state index in [0.717, 1.165) is 5.56 Å². The van der Waals surface area contributed by atoms with Gasteiger partial charge in [0.2, 0.25) is 0 Å². The van der Waals surface area contributed by atoms with Gasteiger partial charge in [-0.3, -0.25) is 0 Å². The van der Waals surface area contributed by atoms with Crippen LogP contribution < -0.4 is 11.5 Å². The zero-order valence-corrected chi connectivity index (χ0v) is 9.46. The first-order chi connectivity index (χ1) is 6.50. The van der Waals surface area contributed by atoms with Crippen molar-refractivity contribution in [2.24, 2.45) is 11.5 Å². The number of halogens is 2. The van der Waals surface area contributed by atoms with Crippen molar-refractivity contribution in [3.8, 4) is 0 Å². The zero-order valence-electron chi connectivity index (χ0n) is 7.13. The first-order valence-corrected chi connectivity index (χ1v) is 4.89. The second-order valence-corrected chi connectivity index (χ2v) is 3.92. The van der Waals surface area contributed by atoms with Crippen molar-refractivity contribution in [2.45, 2.75) is 0 Å². The van der Waals surface area contributed by atoms with Gasteiger partial charge in [-0.15, -0.1) is 0 Å². The van der Waals surface area contributed by atoms with Crippen LogP contribution in [0.3, 0.4) is 0 Å². The third-order valence-electron chi connectivity index (χ3n) is 1.55. The predicted octanol–water partition coefficient (Wildman–Crippen LogP) is 2.58. The highest BCUT2D eigenvalue weighted by Crippen LogP contribution is 2.24. The summed E-state index contributed by atoms with van der Waals surface area (Å²) in [6, 6.07) is 5.08. The molecule has 0 aliphatic carbocycles. The highest BCUT2D eigenvalue weighted by atomic mass is 35.5. The first kappa shape index (κ1) is 11.3. The second kappa shape index (κ2) is 4.64. The molecule has 74 valence electrons. The summed E-state index contributed by atoms with van der Waals surface area (Å²) < 4.78 is 0. The maximum absolute atomic E-state index is 5.82. The second-order valence-electron chi connectivity index (χ2n) is 2.63. The van der Waals surface area contributed by atoms with E-state index in [1.165, 1.54) is 6.08 Å². The SMILES string of the molecule is NC(=S)/C=C(/N)c1ccc(Cl)c(Cl)c1. The van der Waals surface area contributed by atoms with Crippen LogP contribution in [0.4, 0.5) is 0 Å². The largest absolute Gasteiger partial charge is 0.398 e. The molecule has 1 rings (SSSR count). The molecule has 0 aliphatic rings. The summed E-state index contributed by atoms with van der Waals surface area (Å²) in [7, 11) is 0. The molecule has 1 aromatic rings. The molecule has 1 aromatic carbocycles. The summed E-state index contributed by atoms with van der Waals surface area (Å²) in [5, 5.41) is 0.932. The van der Waals surface area contributed by atoms with Crippen molar-refractivity contribution < 1.29 is 0 Å². The molecule has 0 aliphatic heterocycles. The summed E-state index contributed by atoms with van der Waals surface area (Å²) in [6.45, 7) is 0. The van der Waals surface area contributed by atoms with Crippen LogP contribution in [-0.4, -0.2) is 4.99 Å². The Balaban J connectivity index is 3.09. The van der Waals surface area contributed by atoms with Crippen molar-refractivity contribution in [1.29, 1.82) is 0 Å². The summed E-state index contributed by atoms with van der Waals surface area (Å²) in [5.74, 6) is 0. The van der Waals surface area contributed by atoms with Crippen LogP contribution in [0.5, 0.6) is 0 Å². The Morgan fingerprint density at radius 1 is 1.21 bits per heavy atom. The minimum atomic E-state index is 0.230. The van der Waals surface area contributed by atoms with Crippen LogP contribution in [0.15, 0.2) is 24.3 Å². The topological polar surface area (TPSA) is 52.0 Å². The van der Waals surface area contributed by atoms with E-state index in [0.29, 0.717) is 15.7 Å². The Labute approximate surface area is 97.5 Å². The van der Waals surface area contributed by atoms with Crippen molar-refractivity contribution >= 4 is 46.1 Å². The van der Waals surface area contributed by atoms with Gasteiger partial charge in [-0.2, -0.15) is 0 Å². The van der Waals surface area contributed by atoms with Crippen molar-refractivity contribution in [3.63, 3.8) is 0 Å². The van der Waals surface area contributed by atoms with E-state index in [1.807, 2.05) is 0 Å². The highest BCUT2D eigenvalue weighted by Gasteiger charge is 2.01. The highest BCUT2D eigenvalue weighted by molar-refractivity contribution is 7.80. The van der Waals surface area contributed by atoms with Gasteiger partial charge in [-0.1, -0.05) is 41.5 Å². The van der Waals surface area contributed by atoms with Gasteiger partial charge in [0, 0.05) is 5.70 Å². The molecule has 0 saturated heterocycles. The standard InChI is InChI=1S/C9H8Cl2N2S/c10-6-2-1-5(3-7(6)11)8(12)4-9(13)14/h1-4H,12H2,(H2,13,14)/b8-4+. The molecule has 0 fully saturated rings. The van der Waals surface area contributed by atoms with Gasteiger partial charge >= 0.3 is 0 Å². The van der Waals surface area contributed by atoms with Gasteiger partial charge < -0.3 is 11.5 Å². The molecular formula is C9H8Cl2N2S. The Hall–Kier alpha value is -0.770. The molecular weight excluding hydrogens is 239 g/mol. The van der Waals surface area contributed by atoms with E-state index in [1.54, 1.807) is 18.2 Å². The molecule has 5 heteroatoms. The van der Waals surface area contributed by atoms with E-state index in [2.05, 4.69) is 0 Å². The molecule has 0 heterocycles. The number of hydrogen-bond acceptors (Lipinski definition) is 2. The number of thiocarbonyl (C=S) groups is 1. The normalized spacial score (nSPS) is 11.4. The van der Waals surface area contributed by atoms with E-state index < -0.39 is 0 Å². The van der Waals surface area contributed by atoms with Crippen molar-refractivity contribution in [1.82, 2.24) is 0 Å². The van der Waals surface area contributed by atoms with Gasteiger partial charge in [0.05, 0.1) is 15.0 Å². The van der Waals surface area contributed by atoms with E-state index in [4.69, 9.17) is 46.9 Å². The molecule has 0 saturated carbocycles. The third-order valence-corrected chi connectivity index (χ3v) is 2.41. The summed E-state index contributed by atoms with van der Waals surface area (Å²) in [4.78, 5) is 0.230. The summed E-state index contributed by atoms with van der Waals surface area (Å²) in [5.41, 5.74) is 12.2. The molecule has 0 atom stereocenters. The number of hydrogen-bond donors (Lipinski definition) is 2. The first-order valence-electron chi connectivity index (χ1n) is 3.72. The number of benzene rings is 1. The fourth-order valence-electron chi connectivity index (χ4n) is 0.912. The lowest BCUT2D eigenvalue weighted by atomic mass is 10.1.